The second-order valence-electron chi connectivity index (χ2n) is 3.62. The number of alkyl halides is 1. The Hall–Kier alpha value is -1.49. The lowest BCUT2D eigenvalue weighted by Crippen LogP contribution is -2.14. The van der Waals surface area contributed by atoms with Crippen molar-refractivity contribution in [1.82, 2.24) is 0 Å². The SMILES string of the molecule is CCOC(=O)c1ccc(C(=O)C(C)Br)c(C=O)c1. The molecule has 0 bridgehead atoms. The number of ether oxygens (including phenoxy) is 1. The van der Waals surface area contributed by atoms with Gasteiger partial charge in [-0.2, -0.15) is 0 Å². The number of esters is 1. The van der Waals surface area contributed by atoms with Gasteiger partial charge in [0.05, 0.1) is 17.0 Å². The van der Waals surface area contributed by atoms with Crippen LogP contribution in [0.4, 0.5) is 0 Å². The number of benzene rings is 1. The van der Waals surface area contributed by atoms with Crippen LogP contribution in [0.5, 0.6) is 0 Å². The highest BCUT2D eigenvalue weighted by Gasteiger charge is 2.18. The van der Waals surface area contributed by atoms with E-state index in [2.05, 4.69) is 15.9 Å². The molecule has 0 N–H and O–H groups in total. The summed E-state index contributed by atoms with van der Waals surface area (Å²) in [5, 5.41) is 0. The number of ketones is 1. The molecule has 0 aliphatic heterocycles. The molecule has 4 nitrogen and oxygen atoms in total. The van der Waals surface area contributed by atoms with Crippen LogP contribution in [0.1, 0.15) is 44.9 Å². The number of Topliss-reactive ketones (excluding diaryl/α,β-unsaturated/α-hetero) is 1. The molecule has 0 radical (unpaired) electrons. The first-order chi connectivity index (χ1) is 8.51. The van der Waals surface area contributed by atoms with Gasteiger partial charge in [0.2, 0.25) is 0 Å². The number of hydrogen-bond donors (Lipinski definition) is 0. The topological polar surface area (TPSA) is 60.4 Å². The van der Waals surface area contributed by atoms with Crippen molar-refractivity contribution in [2.75, 3.05) is 6.61 Å². The van der Waals surface area contributed by atoms with E-state index in [4.69, 9.17) is 4.74 Å². The molecule has 1 aromatic carbocycles. The Morgan fingerprint density at radius 3 is 2.61 bits per heavy atom. The Labute approximate surface area is 113 Å². The Morgan fingerprint density at radius 2 is 2.11 bits per heavy atom. The summed E-state index contributed by atoms with van der Waals surface area (Å²) in [6.45, 7) is 3.63. The molecule has 1 aromatic rings. The number of carbonyl (C=O) groups is 3. The molecule has 1 atom stereocenters. The van der Waals surface area contributed by atoms with E-state index in [9.17, 15) is 14.4 Å². The number of carbonyl (C=O) groups excluding carboxylic acids is 3. The van der Waals surface area contributed by atoms with Crippen LogP contribution >= 0.6 is 15.9 Å². The lowest BCUT2D eigenvalue weighted by atomic mass is 10.00. The molecule has 0 aromatic heterocycles. The maximum atomic E-state index is 11.8. The lowest BCUT2D eigenvalue weighted by molar-refractivity contribution is 0.0526. The van der Waals surface area contributed by atoms with Crippen molar-refractivity contribution in [2.24, 2.45) is 0 Å². The predicted octanol–water partition coefficient (Wildman–Crippen LogP) is 2.64. The summed E-state index contributed by atoms with van der Waals surface area (Å²) < 4.78 is 4.83. The van der Waals surface area contributed by atoms with Crippen LogP contribution in [0.25, 0.3) is 0 Å². The normalized spacial score (nSPS) is 11.7. The van der Waals surface area contributed by atoms with Gasteiger partial charge >= 0.3 is 5.97 Å². The summed E-state index contributed by atoms with van der Waals surface area (Å²) >= 11 is 3.16. The van der Waals surface area contributed by atoms with Gasteiger partial charge in [0, 0.05) is 11.1 Å². The predicted molar refractivity (Wildman–Crippen MR) is 70.5 cm³/mol. The van der Waals surface area contributed by atoms with Crippen molar-refractivity contribution < 1.29 is 19.1 Å². The average molecular weight is 313 g/mol. The van der Waals surface area contributed by atoms with Crippen molar-refractivity contribution in [3.05, 3.63) is 34.9 Å². The molecule has 0 amide bonds. The van der Waals surface area contributed by atoms with E-state index in [1.807, 2.05) is 0 Å². The van der Waals surface area contributed by atoms with Crippen molar-refractivity contribution in [1.29, 1.82) is 0 Å². The van der Waals surface area contributed by atoms with Crippen LogP contribution < -0.4 is 0 Å². The van der Waals surface area contributed by atoms with E-state index < -0.39 is 5.97 Å². The molecule has 96 valence electrons. The molecule has 0 fully saturated rings. The Morgan fingerprint density at radius 1 is 1.44 bits per heavy atom. The molecular formula is C13H13BrO4. The van der Waals surface area contributed by atoms with Crippen LogP contribution in [0.15, 0.2) is 18.2 Å². The van der Waals surface area contributed by atoms with Gasteiger partial charge in [-0.25, -0.2) is 4.79 Å². The van der Waals surface area contributed by atoms with Gasteiger partial charge in [-0.05, 0) is 32.0 Å². The molecule has 0 heterocycles. The smallest absolute Gasteiger partial charge is 0.338 e. The fourth-order valence-electron chi connectivity index (χ4n) is 1.44. The molecular weight excluding hydrogens is 300 g/mol. The van der Waals surface area contributed by atoms with Crippen LogP contribution in [0.2, 0.25) is 0 Å². The molecule has 0 saturated carbocycles. The number of aldehydes is 1. The molecule has 1 rings (SSSR count). The maximum absolute atomic E-state index is 11.8. The number of halogens is 1. The van der Waals surface area contributed by atoms with Crippen molar-refractivity contribution in [3.63, 3.8) is 0 Å². The fourth-order valence-corrected chi connectivity index (χ4v) is 1.69. The molecule has 0 spiro atoms. The number of hydrogen-bond acceptors (Lipinski definition) is 4. The molecule has 0 aliphatic rings. The monoisotopic (exact) mass is 312 g/mol. The summed E-state index contributed by atoms with van der Waals surface area (Å²) in [5.74, 6) is -0.709. The van der Waals surface area contributed by atoms with Gasteiger partial charge in [-0.3, -0.25) is 9.59 Å². The van der Waals surface area contributed by atoms with Crippen LogP contribution in [-0.4, -0.2) is 29.5 Å². The summed E-state index contributed by atoms with van der Waals surface area (Å²) in [7, 11) is 0. The van der Waals surface area contributed by atoms with E-state index in [-0.39, 0.29) is 28.3 Å². The van der Waals surface area contributed by atoms with Crippen LogP contribution in [-0.2, 0) is 4.74 Å². The molecule has 1 unspecified atom stereocenters. The molecule has 0 saturated heterocycles. The largest absolute Gasteiger partial charge is 0.462 e. The van der Waals surface area contributed by atoms with Crippen LogP contribution in [0.3, 0.4) is 0 Å². The van der Waals surface area contributed by atoms with E-state index in [0.717, 1.165) is 0 Å². The quantitative estimate of drug-likeness (QED) is 0.363. The van der Waals surface area contributed by atoms with Crippen molar-refractivity contribution in [2.45, 2.75) is 18.7 Å². The Balaban J connectivity index is 3.15. The summed E-state index contributed by atoms with van der Waals surface area (Å²) in [6.07, 6.45) is 0.561. The zero-order valence-electron chi connectivity index (χ0n) is 10.1. The third kappa shape index (κ3) is 3.26. The van der Waals surface area contributed by atoms with Gasteiger partial charge in [-0.1, -0.05) is 15.9 Å². The highest BCUT2D eigenvalue weighted by Crippen LogP contribution is 2.16. The Kier molecular flexibility index (Phi) is 5.22. The highest BCUT2D eigenvalue weighted by atomic mass is 79.9. The van der Waals surface area contributed by atoms with E-state index in [1.165, 1.54) is 18.2 Å². The molecule has 0 aliphatic carbocycles. The van der Waals surface area contributed by atoms with Gasteiger partial charge in [0.1, 0.15) is 0 Å². The second kappa shape index (κ2) is 6.44. The maximum Gasteiger partial charge on any atom is 0.338 e. The van der Waals surface area contributed by atoms with Gasteiger partial charge < -0.3 is 4.74 Å². The average Bonchev–Trinajstić information content (AvgIpc) is 2.37. The van der Waals surface area contributed by atoms with Gasteiger partial charge in [0.25, 0.3) is 0 Å². The van der Waals surface area contributed by atoms with E-state index in [0.29, 0.717) is 11.8 Å². The van der Waals surface area contributed by atoms with E-state index >= 15 is 0 Å². The first kappa shape index (κ1) is 14.6. The molecule has 18 heavy (non-hydrogen) atoms. The van der Waals surface area contributed by atoms with Crippen molar-refractivity contribution in [3.8, 4) is 0 Å². The van der Waals surface area contributed by atoms with Crippen LogP contribution in [0, 0.1) is 0 Å². The zero-order valence-corrected chi connectivity index (χ0v) is 11.7. The summed E-state index contributed by atoms with van der Waals surface area (Å²) in [6, 6.07) is 4.32. The second-order valence-corrected chi connectivity index (χ2v) is 4.99. The van der Waals surface area contributed by atoms with Gasteiger partial charge in [-0.15, -0.1) is 0 Å². The minimum absolute atomic E-state index is 0.192. The zero-order chi connectivity index (χ0) is 13.7. The lowest BCUT2D eigenvalue weighted by Gasteiger charge is -2.08. The molecule has 5 heteroatoms. The summed E-state index contributed by atoms with van der Waals surface area (Å²) in [4.78, 5) is 33.9. The van der Waals surface area contributed by atoms with Gasteiger partial charge in [0.15, 0.2) is 12.1 Å². The third-order valence-corrected chi connectivity index (χ3v) is 2.73. The highest BCUT2D eigenvalue weighted by molar-refractivity contribution is 9.10. The fraction of sp³-hybridized carbons (Fsp3) is 0.308. The van der Waals surface area contributed by atoms with E-state index in [1.54, 1.807) is 13.8 Å². The minimum Gasteiger partial charge on any atom is -0.462 e. The Bertz CT molecular complexity index is 480. The first-order valence-electron chi connectivity index (χ1n) is 5.45. The summed E-state index contributed by atoms with van der Waals surface area (Å²) in [5.41, 5.74) is 0.747. The third-order valence-electron chi connectivity index (χ3n) is 2.32. The standard InChI is InChI=1S/C13H13BrO4/c1-3-18-13(17)9-4-5-11(10(6-9)7-15)12(16)8(2)14/h4-8H,3H2,1-2H3. The first-order valence-corrected chi connectivity index (χ1v) is 6.37. The van der Waals surface area contributed by atoms with Crippen molar-refractivity contribution >= 4 is 34.0 Å². The number of rotatable bonds is 5. The minimum atomic E-state index is -0.508.